The predicted molar refractivity (Wildman–Crippen MR) is 64.2 cm³/mol. The van der Waals surface area contributed by atoms with E-state index in [0.717, 1.165) is 0 Å². The van der Waals surface area contributed by atoms with E-state index in [2.05, 4.69) is 20.3 Å². The molecular weight excluding hydrogens is 268 g/mol. The zero-order chi connectivity index (χ0) is 12.9. The molecule has 0 fully saturated rings. The molecule has 0 saturated heterocycles. The van der Waals surface area contributed by atoms with Gasteiger partial charge in [0.05, 0.1) is 12.9 Å². The molecule has 0 spiro atoms. The molecule has 1 rings (SSSR count). The van der Waals surface area contributed by atoms with Crippen LogP contribution in [0.2, 0.25) is 5.28 Å². The molecule has 1 heterocycles. The lowest BCUT2D eigenvalue weighted by Gasteiger charge is -2.05. The van der Waals surface area contributed by atoms with Gasteiger partial charge in [-0.05, 0) is 18.0 Å². The minimum atomic E-state index is -2.94. The molecule has 0 aliphatic carbocycles. The Balaban J connectivity index is 2.49. The molecule has 0 aliphatic rings. The molecule has 0 unspecified atom stereocenters. The highest BCUT2D eigenvalue weighted by atomic mass is 35.5. The van der Waals surface area contributed by atoms with Gasteiger partial charge < -0.3 is 10.1 Å². The Morgan fingerprint density at radius 1 is 1.35 bits per heavy atom. The second kappa shape index (κ2) is 5.97. The Morgan fingerprint density at radius 2 is 2.06 bits per heavy atom. The monoisotopic (exact) mass is 280 g/mol. The topological polar surface area (TPSA) is 94.1 Å². The van der Waals surface area contributed by atoms with E-state index in [-0.39, 0.29) is 23.0 Å². The molecule has 0 amide bonds. The second-order valence-corrected chi connectivity index (χ2v) is 5.92. The third-order valence-electron chi connectivity index (χ3n) is 1.75. The van der Waals surface area contributed by atoms with Crippen molar-refractivity contribution in [1.29, 1.82) is 0 Å². The molecule has 9 heteroatoms. The molecule has 96 valence electrons. The molecule has 0 radical (unpaired) electrons. The Hall–Kier alpha value is -1.15. The van der Waals surface area contributed by atoms with Crippen molar-refractivity contribution in [2.24, 2.45) is 0 Å². The number of sulfone groups is 1. The lowest BCUT2D eigenvalue weighted by atomic mass is 10.5. The fraction of sp³-hybridized carbons (Fsp3) is 0.625. The van der Waals surface area contributed by atoms with Gasteiger partial charge in [-0.15, -0.1) is 0 Å². The van der Waals surface area contributed by atoms with Crippen LogP contribution in [0, 0.1) is 0 Å². The van der Waals surface area contributed by atoms with E-state index in [9.17, 15) is 8.42 Å². The van der Waals surface area contributed by atoms with E-state index in [1.807, 2.05) is 0 Å². The first-order valence-corrected chi connectivity index (χ1v) is 7.22. The molecule has 0 bridgehead atoms. The molecule has 0 saturated carbocycles. The van der Waals surface area contributed by atoms with Crippen molar-refractivity contribution >= 4 is 27.4 Å². The van der Waals surface area contributed by atoms with Crippen molar-refractivity contribution in [1.82, 2.24) is 15.0 Å². The number of hydrogen-bond donors (Lipinski definition) is 1. The number of nitrogens with one attached hydrogen (secondary N) is 1. The number of anilines is 1. The normalized spacial score (nSPS) is 11.2. The predicted octanol–water partition coefficient (Wildman–Crippen LogP) is 0.380. The molecule has 7 nitrogen and oxygen atoms in total. The van der Waals surface area contributed by atoms with E-state index in [0.29, 0.717) is 13.0 Å². The van der Waals surface area contributed by atoms with Gasteiger partial charge in [-0.3, -0.25) is 0 Å². The van der Waals surface area contributed by atoms with Crippen molar-refractivity contribution in [3.8, 4) is 6.01 Å². The summed E-state index contributed by atoms with van der Waals surface area (Å²) in [5.41, 5.74) is 0. The maximum Gasteiger partial charge on any atom is 0.322 e. The molecule has 1 aromatic rings. The summed E-state index contributed by atoms with van der Waals surface area (Å²) in [5, 5.41) is 2.86. The highest BCUT2D eigenvalue weighted by Crippen LogP contribution is 2.10. The largest absolute Gasteiger partial charge is 0.467 e. The standard InChI is InChI=1S/C8H13ClN4O3S/c1-16-8-12-6(9)11-7(13-8)10-4-3-5-17(2,14)15/h3-5H2,1-2H3,(H,10,11,12,13). The van der Waals surface area contributed by atoms with Crippen LogP contribution in [0.4, 0.5) is 5.95 Å². The fourth-order valence-corrected chi connectivity index (χ4v) is 1.86. The van der Waals surface area contributed by atoms with Crippen LogP contribution in [0.25, 0.3) is 0 Å². The minimum absolute atomic E-state index is 0.0162. The summed E-state index contributed by atoms with van der Waals surface area (Å²) in [6.07, 6.45) is 1.65. The molecule has 1 N–H and O–H groups in total. The molecule has 1 aromatic heterocycles. The number of methoxy groups -OCH3 is 1. The van der Waals surface area contributed by atoms with Crippen LogP contribution in [0.5, 0.6) is 6.01 Å². The zero-order valence-electron chi connectivity index (χ0n) is 9.47. The Bertz CT molecular complexity index is 480. The van der Waals surface area contributed by atoms with Crippen LogP contribution >= 0.6 is 11.6 Å². The number of nitrogens with zero attached hydrogens (tertiary/aromatic N) is 3. The molecular formula is C8H13ClN4O3S. The molecule has 17 heavy (non-hydrogen) atoms. The van der Waals surface area contributed by atoms with Crippen LogP contribution in [-0.4, -0.2) is 49.0 Å². The lowest BCUT2D eigenvalue weighted by Crippen LogP contribution is -2.12. The van der Waals surface area contributed by atoms with Gasteiger partial charge in [-0.25, -0.2) is 8.42 Å². The smallest absolute Gasteiger partial charge is 0.322 e. The van der Waals surface area contributed by atoms with Crippen LogP contribution in [0.15, 0.2) is 0 Å². The number of hydrogen-bond acceptors (Lipinski definition) is 7. The Morgan fingerprint density at radius 3 is 2.65 bits per heavy atom. The van der Waals surface area contributed by atoms with Crippen LogP contribution in [0.3, 0.4) is 0 Å². The van der Waals surface area contributed by atoms with Crippen LogP contribution in [0.1, 0.15) is 6.42 Å². The quantitative estimate of drug-likeness (QED) is 0.753. The van der Waals surface area contributed by atoms with E-state index in [4.69, 9.17) is 16.3 Å². The fourth-order valence-electron chi connectivity index (χ4n) is 1.04. The summed E-state index contributed by atoms with van der Waals surface area (Å²) in [4.78, 5) is 11.4. The van der Waals surface area contributed by atoms with Crippen molar-refractivity contribution < 1.29 is 13.2 Å². The van der Waals surface area contributed by atoms with Crippen LogP contribution < -0.4 is 10.1 Å². The van der Waals surface area contributed by atoms with Crippen LogP contribution in [-0.2, 0) is 9.84 Å². The first-order valence-electron chi connectivity index (χ1n) is 4.78. The summed E-state index contributed by atoms with van der Waals surface area (Å²) >= 11 is 5.64. The van der Waals surface area contributed by atoms with Gasteiger partial charge in [0.15, 0.2) is 0 Å². The summed E-state index contributed by atoms with van der Waals surface area (Å²) < 4.78 is 26.6. The van der Waals surface area contributed by atoms with Gasteiger partial charge in [0.1, 0.15) is 9.84 Å². The minimum Gasteiger partial charge on any atom is -0.467 e. The number of rotatable bonds is 6. The molecule has 0 atom stereocenters. The Labute approximate surface area is 105 Å². The molecule has 0 aliphatic heterocycles. The van der Waals surface area contributed by atoms with Crippen molar-refractivity contribution in [3.63, 3.8) is 0 Å². The van der Waals surface area contributed by atoms with E-state index in [1.165, 1.54) is 13.4 Å². The first-order chi connectivity index (χ1) is 7.90. The van der Waals surface area contributed by atoms with E-state index < -0.39 is 9.84 Å². The average Bonchev–Trinajstić information content (AvgIpc) is 2.22. The summed E-state index contributed by atoms with van der Waals surface area (Å²) in [7, 11) is -1.53. The van der Waals surface area contributed by atoms with E-state index in [1.54, 1.807) is 0 Å². The number of aromatic nitrogens is 3. The maximum absolute atomic E-state index is 10.9. The summed E-state index contributed by atoms with van der Waals surface area (Å²) in [6, 6.07) is 0.107. The maximum atomic E-state index is 10.9. The van der Waals surface area contributed by atoms with Gasteiger partial charge in [0, 0.05) is 12.8 Å². The van der Waals surface area contributed by atoms with Gasteiger partial charge in [-0.2, -0.15) is 15.0 Å². The first kappa shape index (κ1) is 13.9. The third-order valence-corrected chi connectivity index (χ3v) is 2.94. The second-order valence-electron chi connectivity index (χ2n) is 3.32. The van der Waals surface area contributed by atoms with Gasteiger partial charge in [0.25, 0.3) is 0 Å². The van der Waals surface area contributed by atoms with Crippen molar-refractivity contribution in [2.45, 2.75) is 6.42 Å². The van der Waals surface area contributed by atoms with Crippen molar-refractivity contribution in [2.75, 3.05) is 31.0 Å². The zero-order valence-corrected chi connectivity index (χ0v) is 11.0. The molecule has 0 aromatic carbocycles. The van der Waals surface area contributed by atoms with E-state index >= 15 is 0 Å². The van der Waals surface area contributed by atoms with Crippen molar-refractivity contribution in [3.05, 3.63) is 5.28 Å². The van der Waals surface area contributed by atoms with Gasteiger partial charge in [0.2, 0.25) is 11.2 Å². The van der Waals surface area contributed by atoms with Gasteiger partial charge >= 0.3 is 6.01 Å². The highest BCUT2D eigenvalue weighted by molar-refractivity contribution is 7.90. The summed E-state index contributed by atoms with van der Waals surface area (Å²) in [5.74, 6) is 0.367. The number of ether oxygens (including phenoxy) is 1. The Kier molecular flexibility index (Phi) is 4.88. The SMILES string of the molecule is COc1nc(Cl)nc(NCCCS(C)(=O)=O)n1. The highest BCUT2D eigenvalue weighted by Gasteiger charge is 2.05. The average molecular weight is 281 g/mol. The van der Waals surface area contributed by atoms with Gasteiger partial charge in [-0.1, -0.05) is 0 Å². The summed E-state index contributed by atoms with van der Waals surface area (Å²) in [6.45, 7) is 0.427. The third kappa shape index (κ3) is 5.64. The number of halogens is 1. The lowest BCUT2D eigenvalue weighted by molar-refractivity contribution is 0.379.